The Hall–Kier alpha value is -0.550. The maximum atomic E-state index is 12.1. The molecule has 0 amide bonds. The van der Waals surface area contributed by atoms with Crippen LogP contribution >= 0.6 is 23.0 Å². The van der Waals surface area contributed by atoms with Crippen molar-refractivity contribution in [2.45, 2.75) is 80.1 Å². The first kappa shape index (κ1) is 32.5. The van der Waals surface area contributed by atoms with E-state index in [1.54, 1.807) is 12.2 Å². The first-order chi connectivity index (χ1) is 15.0. The maximum absolute atomic E-state index is 12.1. The molecule has 0 aliphatic rings. The van der Waals surface area contributed by atoms with E-state index in [0.717, 1.165) is 36.8 Å². The Morgan fingerprint density at radius 3 is 1.24 bits per heavy atom. The average molecular weight is 526 g/mol. The van der Waals surface area contributed by atoms with Crippen molar-refractivity contribution in [1.29, 1.82) is 0 Å². The third kappa shape index (κ3) is 19.4. The molecule has 0 aromatic heterocycles. The zero-order valence-corrected chi connectivity index (χ0v) is 23.4. The zero-order valence-electron chi connectivity index (χ0n) is 20.7. The van der Waals surface area contributed by atoms with Crippen LogP contribution in [-0.2, 0) is 22.3 Å². The molecule has 33 heavy (non-hydrogen) atoms. The number of phosphoric acid groups is 1. The van der Waals surface area contributed by atoms with Gasteiger partial charge in [-0.15, -0.1) is 0 Å². The largest absolute Gasteiger partial charge is 0.486 e. The number of rotatable bonds is 16. The Bertz CT molecular complexity index is 810. The van der Waals surface area contributed by atoms with Gasteiger partial charge in [-0.05, 0) is 80.1 Å². The van der Waals surface area contributed by atoms with Gasteiger partial charge in [-0.3, -0.25) is 9.13 Å². The summed E-state index contributed by atoms with van der Waals surface area (Å²) in [5.74, 6) is 0. The van der Waals surface area contributed by atoms with Crippen LogP contribution in [0.2, 0.25) is 0 Å². The fourth-order valence-corrected chi connectivity index (χ4v) is 7.28. The fraction of sp³-hybridized carbons (Fsp3) is 0.636. The maximum Gasteiger partial charge on any atom is 0.486 e. The zero-order chi connectivity index (χ0) is 25.7. The Morgan fingerprint density at radius 2 is 0.939 bits per heavy atom. The van der Waals surface area contributed by atoms with Gasteiger partial charge in [-0.2, -0.15) is 0 Å². The van der Waals surface area contributed by atoms with E-state index < -0.39 is 35.3 Å². The molecule has 0 rings (SSSR count). The quantitative estimate of drug-likeness (QED) is 0.138. The van der Waals surface area contributed by atoms with Gasteiger partial charge in [-0.25, -0.2) is 13.2 Å². The molecule has 0 saturated heterocycles. The standard InChI is InChI=1S/C22H41O8P3/c1-19(2)11-7-13-21(5)15-9-17-31(23,24)29-33(27,28)30-32(25,26)18-10-16-22(6)14-8-12-20(3)4/h11-12,15-16H,7-10,13-14,17-18H2,1-6H3,(H,23,24)(H,25,26)(H,27,28)/b21-15+,22-16+. The van der Waals surface area contributed by atoms with Gasteiger partial charge >= 0.3 is 23.0 Å². The Kier molecular flexibility index (Phi) is 15.2. The summed E-state index contributed by atoms with van der Waals surface area (Å²) in [5, 5.41) is 0. The van der Waals surface area contributed by atoms with Crippen LogP contribution in [0, 0.1) is 0 Å². The predicted molar refractivity (Wildman–Crippen MR) is 135 cm³/mol. The molecule has 8 nitrogen and oxygen atoms in total. The van der Waals surface area contributed by atoms with Gasteiger partial charge in [0.25, 0.3) is 0 Å². The molecule has 192 valence electrons. The Morgan fingerprint density at radius 1 is 0.606 bits per heavy atom. The van der Waals surface area contributed by atoms with Crippen molar-refractivity contribution in [3.8, 4) is 0 Å². The van der Waals surface area contributed by atoms with Crippen LogP contribution in [0.4, 0.5) is 0 Å². The van der Waals surface area contributed by atoms with Gasteiger partial charge in [0.15, 0.2) is 0 Å². The molecule has 11 heteroatoms. The summed E-state index contributed by atoms with van der Waals surface area (Å²) in [5.41, 5.74) is 4.45. The van der Waals surface area contributed by atoms with Crippen LogP contribution in [0.25, 0.3) is 0 Å². The van der Waals surface area contributed by atoms with E-state index in [0.29, 0.717) is 0 Å². The highest BCUT2D eigenvalue weighted by atomic mass is 31.3. The average Bonchev–Trinajstić information content (AvgIpc) is 2.58. The molecule has 0 radical (unpaired) electrons. The summed E-state index contributed by atoms with van der Waals surface area (Å²) in [4.78, 5) is 29.5. The van der Waals surface area contributed by atoms with Crippen molar-refractivity contribution in [2.75, 3.05) is 12.3 Å². The van der Waals surface area contributed by atoms with E-state index in [1.165, 1.54) is 11.1 Å². The minimum Gasteiger partial charge on any atom is -0.324 e. The molecule has 0 saturated carbocycles. The van der Waals surface area contributed by atoms with Crippen molar-refractivity contribution < 1.29 is 37.0 Å². The molecular weight excluding hydrogens is 485 g/mol. The van der Waals surface area contributed by atoms with Crippen LogP contribution in [0.15, 0.2) is 46.6 Å². The Labute approximate surface area is 199 Å². The van der Waals surface area contributed by atoms with E-state index in [9.17, 15) is 28.4 Å². The number of allylic oxidation sites excluding steroid dienone is 8. The third-order valence-corrected chi connectivity index (χ3v) is 9.79. The first-order valence-electron chi connectivity index (χ1n) is 11.0. The molecule has 0 fully saturated rings. The highest BCUT2D eigenvalue weighted by Gasteiger charge is 2.39. The summed E-state index contributed by atoms with van der Waals surface area (Å²) in [6, 6.07) is 0. The van der Waals surface area contributed by atoms with Crippen molar-refractivity contribution in [3.63, 3.8) is 0 Å². The Balaban J connectivity index is 4.67. The van der Waals surface area contributed by atoms with E-state index >= 15 is 0 Å². The van der Waals surface area contributed by atoms with Crippen molar-refractivity contribution in [3.05, 3.63) is 46.6 Å². The molecular formula is C22H41O8P3. The lowest BCUT2D eigenvalue weighted by atomic mass is 10.1. The highest BCUT2D eigenvalue weighted by Crippen LogP contribution is 2.67. The van der Waals surface area contributed by atoms with E-state index in [1.807, 2.05) is 41.5 Å². The molecule has 0 aliphatic heterocycles. The van der Waals surface area contributed by atoms with Crippen LogP contribution in [-0.4, -0.2) is 27.0 Å². The lowest BCUT2D eigenvalue weighted by Gasteiger charge is -2.18. The minimum absolute atomic E-state index is 0.155. The van der Waals surface area contributed by atoms with Gasteiger partial charge in [0, 0.05) is 0 Å². The van der Waals surface area contributed by atoms with Crippen LogP contribution in [0.3, 0.4) is 0 Å². The SMILES string of the molecule is CC(C)=CCC/C(C)=C/CCP(=O)(O)OP(=O)(O)OP(=O)(O)CC/C=C(\C)CCC=C(C)C. The van der Waals surface area contributed by atoms with Crippen LogP contribution in [0.5, 0.6) is 0 Å². The number of hydrogen-bond acceptors (Lipinski definition) is 5. The second kappa shape index (κ2) is 15.4. The normalized spacial score (nSPS) is 18.1. The van der Waals surface area contributed by atoms with Gasteiger partial charge in [0.2, 0.25) is 0 Å². The van der Waals surface area contributed by atoms with Crippen LogP contribution in [0.1, 0.15) is 80.1 Å². The molecule has 2 atom stereocenters. The third-order valence-electron chi connectivity index (χ3n) is 4.45. The highest BCUT2D eigenvalue weighted by molar-refractivity contribution is 7.69. The van der Waals surface area contributed by atoms with E-state index in [4.69, 9.17) is 0 Å². The topological polar surface area (TPSA) is 130 Å². The second-order valence-electron chi connectivity index (χ2n) is 8.67. The second-order valence-corrected chi connectivity index (χ2v) is 14.4. The molecule has 0 spiro atoms. The van der Waals surface area contributed by atoms with Crippen molar-refractivity contribution >= 4 is 23.0 Å². The summed E-state index contributed by atoms with van der Waals surface area (Å²) in [7, 11) is -14.2. The predicted octanol–water partition coefficient (Wildman–Crippen LogP) is 7.66. The van der Waals surface area contributed by atoms with E-state index in [2.05, 4.69) is 20.8 Å². The van der Waals surface area contributed by atoms with Gasteiger partial charge in [0.05, 0.1) is 12.3 Å². The summed E-state index contributed by atoms with van der Waals surface area (Å²) in [6.45, 7) is 11.8. The smallest absolute Gasteiger partial charge is 0.324 e. The van der Waals surface area contributed by atoms with Gasteiger partial charge in [0.1, 0.15) is 0 Å². The summed E-state index contributed by atoms with van der Waals surface area (Å²) < 4.78 is 45.1. The molecule has 0 aromatic rings. The van der Waals surface area contributed by atoms with Crippen LogP contribution < -0.4 is 0 Å². The van der Waals surface area contributed by atoms with Gasteiger partial charge < -0.3 is 14.7 Å². The molecule has 0 aromatic carbocycles. The molecule has 0 aliphatic carbocycles. The molecule has 0 bridgehead atoms. The lowest BCUT2D eigenvalue weighted by Crippen LogP contribution is -1.98. The summed E-state index contributed by atoms with van der Waals surface area (Å²) >= 11 is 0. The number of hydrogen-bond donors (Lipinski definition) is 3. The fourth-order valence-electron chi connectivity index (χ4n) is 2.75. The monoisotopic (exact) mass is 526 g/mol. The minimum atomic E-state index is -5.20. The first-order valence-corrected chi connectivity index (χ1v) is 16.0. The van der Waals surface area contributed by atoms with E-state index in [-0.39, 0.29) is 12.8 Å². The van der Waals surface area contributed by atoms with Crippen molar-refractivity contribution in [1.82, 2.24) is 0 Å². The summed E-state index contributed by atoms with van der Waals surface area (Å²) in [6.07, 6.45) is 10.5. The van der Waals surface area contributed by atoms with Gasteiger partial charge in [-0.1, -0.05) is 46.6 Å². The lowest BCUT2D eigenvalue weighted by molar-refractivity contribution is 0.255. The van der Waals surface area contributed by atoms with Crippen molar-refractivity contribution in [2.24, 2.45) is 0 Å². The molecule has 2 unspecified atom stereocenters. The molecule has 0 heterocycles. The molecule has 3 N–H and O–H groups in total.